The number of benzene rings is 2. The summed E-state index contributed by atoms with van der Waals surface area (Å²) in [6.07, 6.45) is 1.78. The van der Waals surface area contributed by atoms with E-state index in [9.17, 15) is 8.42 Å². The van der Waals surface area contributed by atoms with Crippen LogP contribution < -0.4 is 9.46 Å². The molecule has 0 heterocycles. The minimum Gasteiger partial charge on any atom is -0.497 e. The maximum absolute atomic E-state index is 12.4. The summed E-state index contributed by atoms with van der Waals surface area (Å²) in [6, 6.07) is 14.9. The lowest BCUT2D eigenvalue weighted by Crippen LogP contribution is -2.34. The van der Waals surface area contributed by atoms with Gasteiger partial charge in [0.2, 0.25) is 10.0 Å². The molecule has 0 fully saturated rings. The third-order valence-corrected chi connectivity index (χ3v) is 5.74. The molecular weight excluding hydrogens is 334 g/mol. The molecule has 0 aliphatic carbocycles. The van der Waals surface area contributed by atoms with Gasteiger partial charge in [0.1, 0.15) is 5.75 Å². The Morgan fingerprint density at radius 2 is 1.60 bits per heavy atom. The van der Waals surface area contributed by atoms with Crippen LogP contribution in [-0.4, -0.2) is 22.1 Å². The number of rotatable bonds is 8. The van der Waals surface area contributed by atoms with Crippen LogP contribution in [0, 0.1) is 12.3 Å². The molecule has 0 spiro atoms. The number of hydrogen-bond acceptors (Lipinski definition) is 3. The molecule has 0 amide bonds. The van der Waals surface area contributed by atoms with Gasteiger partial charge in [-0.3, -0.25) is 0 Å². The van der Waals surface area contributed by atoms with Gasteiger partial charge in [-0.1, -0.05) is 43.7 Å². The number of sulfonamides is 1. The first-order valence-corrected chi connectivity index (χ1v) is 9.89. The summed E-state index contributed by atoms with van der Waals surface area (Å²) in [7, 11) is -1.82. The molecule has 25 heavy (non-hydrogen) atoms. The zero-order chi connectivity index (χ0) is 18.5. The van der Waals surface area contributed by atoms with E-state index in [0.29, 0.717) is 11.4 Å². The molecule has 0 aliphatic rings. The minimum atomic E-state index is -3.47. The zero-order valence-electron chi connectivity index (χ0n) is 15.4. The average Bonchev–Trinajstić information content (AvgIpc) is 2.59. The predicted molar refractivity (Wildman–Crippen MR) is 101 cm³/mol. The summed E-state index contributed by atoms with van der Waals surface area (Å²) in [5.41, 5.74) is 2.12. The smallest absolute Gasteiger partial charge is 0.240 e. The molecule has 1 N–H and O–H groups in total. The van der Waals surface area contributed by atoms with Crippen molar-refractivity contribution in [2.75, 3.05) is 13.7 Å². The van der Waals surface area contributed by atoms with Gasteiger partial charge in [-0.25, -0.2) is 13.1 Å². The Balaban J connectivity index is 1.92. The molecule has 2 aromatic rings. The van der Waals surface area contributed by atoms with Crippen molar-refractivity contribution in [2.24, 2.45) is 5.41 Å². The quantitative estimate of drug-likeness (QED) is 0.775. The SMILES string of the molecule is COc1ccc(CCC(C)(C)CNS(=O)(=O)c2ccc(C)cc2)cc1. The third-order valence-electron chi connectivity index (χ3n) is 4.32. The fourth-order valence-corrected chi connectivity index (χ4v) is 3.70. The lowest BCUT2D eigenvalue weighted by atomic mass is 9.86. The van der Waals surface area contributed by atoms with Crippen molar-refractivity contribution >= 4 is 10.0 Å². The summed E-state index contributed by atoms with van der Waals surface area (Å²) in [5.74, 6) is 0.842. The van der Waals surface area contributed by atoms with Crippen LogP contribution in [0.1, 0.15) is 31.4 Å². The minimum absolute atomic E-state index is 0.141. The first kappa shape index (κ1) is 19.5. The summed E-state index contributed by atoms with van der Waals surface area (Å²) < 4.78 is 32.7. The van der Waals surface area contributed by atoms with Crippen molar-refractivity contribution in [3.63, 3.8) is 0 Å². The van der Waals surface area contributed by atoms with Gasteiger partial charge in [0.15, 0.2) is 0 Å². The van der Waals surface area contributed by atoms with Crippen LogP contribution in [0.3, 0.4) is 0 Å². The Hall–Kier alpha value is -1.85. The molecule has 0 atom stereocenters. The van der Waals surface area contributed by atoms with E-state index in [1.807, 2.05) is 43.3 Å². The monoisotopic (exact) mass is 361 g/mol. The van der Waals surface area contributed by atoms with Crippen molar-refractivity contribution in [1.29, 1.82) is 0 Å². The van der Waals surface area contributed by atoms with Crippen LogP contribution in [0.5, 0.6) is 5.75 Å². The normalized spacial score (nSPS) is 12.2. The molecule has 0 bridgehead atoms. The van der Waals surface area contributed by atoms with Crippen molar-refractivity contribution in [3.8, 4) is 5.75 Å². The number of nitrogens with one attached hydrogen (secondary N) is 1. The van der Waals surface area contributed by atoms with E-state index in [0.717, 1.165) is 24.2 Å². The van der Waals surface area contributed by atoms with Crippen molar-refractivity contribution in [1.82, 2.24) is 4.72 Å². The van der Waals surface area contributed by atoms with E-state index in [1.54, 1.807) is 19.2 Å². The molecule has 0 radical (unpaired) electrons. The molecule has 0 saturated carbocycles. The maximum Gasteiger partial charge on any atom is 0.240 e. The molecular formula is C20H27NO3S. The standard InChI is InChI=1S/C20H27NO3S/c1-16-5-11-19(12-6-16)25(22,23)21-15-20(2,3)14-13-17-7-9-18(24-4)10-8-17/h5-12,21H,13-15H2,1-4H3. The molecule has 2 rings (SSSR count). The van der Waals surface area contributed by atoms with Crippen LogP contribution in [0.15, 0.2) is 53.4 Å². The first-order chi connectivity index (χ1) is 11.7. The van der Waals surface area contributed by atoms with Gasteiger partial charge in [-0.05, 0) is 55.0 Å². The predicted octanol–water partition coefficient (Wildman–Crippen LogP) is 3.94. The summed E-state index contributed by atoms with van der Waals surface area (Å²) >= 11 is 0. The van der Waals surface area contributed by atoms with Crippen molar-refractivity contribution in [3.05, 3.63) is 59.7 Å². The molecule has 0 aliphatic heterocycles. The van der Waals surface area contributed by atoms with E-state index in [1.165, 1.54) is 5.56 Å². The second-order valence-electron chi connectivity index (χ2n) is 7.15. The second kappa shape index (κ2) is 8.02. The van der Waals surface area contributed by atoms with Crippen LogP contribution >= 0.6 is 0 Å². The molecule has 0 unspecified atom stereocenters. The summed E-state index contributed by atoms with van der Waals surface area (Å²) in [6.45, 7) is 6.49. The van der Waals surface area contributed by atoms with Gasteiger partial charge < -0.3 is 4.74 Å². The molecule has 136 valence electrons. The first-order valence-electron chi connectivity index (χ1n) is 8.41. The van der Waals surface area contributed by atoms with Gasteiger partial charge in [0.25, 0.3) is 0 Å². The van der Waals surface area contributed by atoms with E-state index in [4.69, 9.17) is 4.74 Å². The number of aryl methyl sites for hydroxylation is 2. The second-order valence-corrected chi connectivity index (χ2v) is 8.92. The molecule has 4 nitrogen and oxygen atoms in total. The van der Waals surface area contributed by atoms with Gasteiger partial charge in [-0.2, -0.15) is 0 Å². The zero-order valence-corrected chi connectivity index (χ0v) is 16.2. The van der Waals surface area contributed by atoms with E-state index < -0.39 is 10.0 Å². The summed E-state index contributed by atoms with van der Waals surface area (Å²) in [5, 5.41) is 0. The number of hydrogen-bond donors (Lipinski definition) is 1. The van der Waals surface area contributed by atoms with Crippen molar-refractivity contribution < 1.29 is 13.2 Å². The fourth-order valence-electron chi connectivity index (χ4n) is 2.45. The van der Waals surface area contributed by atoms with Crippen molar-refractivity contribution in [2.45, 2.75) is 38.5 Å². The fraction of sp³-hybridized carbons (Fsp3) is 0.400. The Bertz CT molecular complexity index is 779. The number of ether oxygens (including phenoxy) is 1. The lowest BCUT2D eigenvalue weighted by molar-refractivity contribution is 0.334. The molecule has 0 saturated heterocycles. The largest absolute Gasteiger partial charge is 0.497 e. The highest BCUT2D eigenvalue weighted by Crippen LogP contribution is 2.24. The number of methoxy groups -OCH3 is 1. The lowest BCUT2D eigenvalue weighted by Gasteiger charge is -2.25. The van der Waals surface area contributed by atoms with Gasteiger partial charge >= 0.3 is 0 Å². The van der Waals surface area contributed by atoms with E-state index in [-0.39, 0.29) is 5.41 Å². The molecule has 5 heteroatoms. The van der Waals surface area contributed by atoms with Crippen LogP contribution in [0.25, 0.3) is 0 Å². The van der Waals surface area contributed by atoms with Crippen LogP contribution in [0.4, 0.5) is 0 Å². The Morgan fingerprint density at radius 1 is 1.00 bits per heavy atom. The van der Waals surface area contributed by atoms with Crippen LogP contribution in [-0.2, 0) is 16.4 Å². The van der Waals surface area contributed by atoms with Crippen LogP contribution in [0.2, 0.25) is 0 Å². The Morgan fingerprint density at radius 3 is 2.16 bits per heavy atom. The Kier molecular flexibility index (Phi) is 6.25. The maximum atomic E-state index is 12.4. The average molecular weight is 362 g/mol. The molecule has 2 aromatic carbocycles. The Labute approximate surface area is 151 Å². The molecule has 0 aromatic heterocycles. The van der Waals surface area contributed by atoms with Gasteiger partial charge in [-0.15, -0.1) is 0 Å². The summed E-state index contributed by atoms with van der Waals surface area (Å²) in [4.78, 5) is 0.309. The van der Waals surface area contributed by atoms with E-state index >= 15 is 0 Å². The third kappa shape index (κ3) is 5.87. The topological polar surface area (TPSA) is 55.4 Å². The highest BCUT2D eigenvalue weighted by Gasteiger charge is 2.22. The highest BCUT2D eigenvalue weighted by molar-refractivity contribution is 7.89. The van der Waals surface area contributed by atoms with E-state index in [2.05, 4.69) is 18.6 Å². The van der Waals surface area contributed by atoms with Gasteiger partial charge in [0.05, 0.1) is 12.0 Å². The van der Waals surface area contributed by atoms with Gasteiger partial charge in [0, 0.05) is 6.54 Å². The highest BCUT2D eigenvalue weighted by atomic mass is 32.2.